The number of hydrogen-bond donors (Lipinski definition) is 1. The molecule has 2 aliphatic rings. The van der Waals surface area contributed by atoms with Gasteiger partial charge in [-0.2, -0.15) is 0 Å². The lowest BCUT2D eigenvalue weighted by Crippen LogP contribution is -2.46. The van der Waals surface area contributed by atoms with Gasteiger partial charge >= 0.3 is 0 Å². The Hall–Kier alpha value is -1.80. The average Bonchev–Trinajstić information content (AvgIpc) is 3.06. The second-order valence-electron chi connectivity index (χ2n) is 7.63. The van der Waals surface area contributed by atoms with Crippen molar-refractivity contribution in [3.63, 3.8) is 0 Å². The fraction of sp³-hybridized carbons (Fsp3) is 0.409. The van der Waals surface area contributed by atoms with Crippen LogP contribution in [-0.4, -0.2) is 37.6 Å². The first kappa shape index (κ1) is 19.5. The van der Waals surface area contributed by atoms with Crippen LogP contribution in [0, 0.1) is 3.57 Å². The third-order valence-corrected chi connectivity index (χ3v) is 6.84. The number of hydrogen-bond acceptors (Lipinski definition) is 4. The van der Waals surface area contributed by atoms with Gasteiger partial charge < -0.3 is 20.1 Å². The molecule has 0 aromatic heterocycles. The molecule has 4 rings (SSSR count). The third-order valence-electron chi connectivity index (χ3n) is 6.00. The van der Waals surface area contributed by atoms with E-state index in [2.05, 4.69) is 28.7 Å². The minimum absolute atomic E-state index is 0.0206. The molecule has 0 atom stereocenters. The van der Waals surface area contributed by atoms with Crippen LogP contribution in [0.4, 0.5) is 0 Å². The number of halogens is 1. The standard InChI is InChI=1S/C22H25IN2O3/c1-27-20-5-2-15(11-18(20)23)12-21(26)25-8-6-22(7-9-25)14-28-19-4-3-16(13-24)10-17(19)22/h2-5,10-11H,6-9,12-14,24H2,1H3. The number of carbonyl (C=O) groups excluding carboxylic acids is 1. The number of methoxy groups -OCH3 is 1. The summed E-state index contributed by atoms with van der Waals surface area (Å²) in [5.74, 6) is 2.00. The van der Waals surface area contributed by atoms with Crippen molar-refractivity contribution in [3.05, 3.63) is 56.7 Å². The molecule has 2 aromatic carbocycles. The largest absolute Gasteiger partial charge is 0.496 e. The predicted octanol–water partition coefficient (Wildman–Crippen LogP) is 3.25. The van der Waals surface area contributed by atoms with Crippen LogP contribution in [0.3, 0.4) is 0 Å². The van der Waals surface area contributed by atoms with Gasteiger partial charge in [-0.05, 0) is 64.8 Å². The summed E-state index contributed by atoms with van der Waals surface area (Å²) in [5.41, 5.74) is 9.28. The highest BCUT2D eigenvalue weighted by molar-refractivity contribution is 14.1. The summed E-state index contributed by atoms with van der Waals surface area (Å²) in [6, 6.07) is 12.2. The summed E-state index contributed by atoms with van der Waals surface area (Å²) < 4.78 is 12.3. The van der Waals surface area contributed by atoms with Gasteiger partial charge in [-0.25, -0.2) is 0 Å². The number of nitrogens with two attached hydrogens (primary N) is 1. The van der Waals surface area contributed by atoms with Crippen molar-refractivity contribution in [1.82, 2.24) is 4.90 Å². The normalized spacial score (nSPS) is 17.3. The molecule has 6 heteroatoms. The number of carbonyl (C=O) groups is 1. The zero-order chi connectivity index (χ0) is 19.7. The van der Waals surface area contributed by atoms with E-state index >= 15 is 0 Å². The van der Waals surface area contributed by atoms with Gasteiger partial charge in [0.15, 0.2) is 0 Å². The smallest absolute Gasteiger partial charge is 0.226 e. The summed E-state index contributed by atoms with van der Waals surface area (Å²) in [5, 5.41) is 0. The fourth-order valence-electron chi connectivity index (χ4n) is 4.24. The first-order valence-electron chi connectivity index (χ1n) is 9.61. The van der Waals surface area contributed by atoms with E-state index in [1.807, 2.05) is 35.2 Å². The van der Waals surface area contributed by atoms with Gasteiger partial charge in [-0.3, -0.25) is 4.79 Å². The summed E-state index contributed by atoms with van der Waals surface area (Å²) in [6.45, 7) is 2.77. The minimum Gasteiger partial charge on any atom is -0.496 e. The zero-order valence-corrected chi connectivity index (χ0v) is 18.2. The Labute approximate surface area is 179 Å². The van der Waals surface area contributed by atoms with Crippen molar-refractivity contribution in [2.24, 2.45) is 5.73 Å². The van der Waals surface area contributed by atoms with Crippen molar-refractivity contribution >= 4 is 28.5 Å². The molecule has 0 bridgehead atoms. The molecule has 2 aliphatic heterocycles. The number of piperidine rings is 1. The van der Waals surface area contributed by atoms with Gasteiger partial charge in [0.25, 0.3) is 0 Å². The molecule has 5 nitrogen and oxygen atoms in total. The molecule has 2 N–H and O–H groups in total. The van der Waals surface area contributed by atoms with Crippen molar-refractivity contribution < 1.29 is 14.3 Å². The Morgan fingerprint density at radius 2 is 1.96 bits per heavy atom. The van der Waals surface area contributed by atoms with E-state index in [0.29, 0.717) is 19.6 Å². The lowest BCUT2D eigenvalue weighted by Gasteiger charge is -2.38. The van der Waals surface area contributed by atoms with Gasteiger partial charge in [0.05, 0.1) is 23.7 Å². The highest BCUT2D eigenvalue weighted by Gasteiger charge is 2.43. The number of likely N-dealkylation sites (tertiary alicyclic amines) is 1. The lowest BCUT2D eigenvalue weighted by molar-refractivity contribution is -0.132. The van der Waals surface area contributed by atoms with E-state index in [9.17, 15) is 4.79 Å². The molecule has 1 saturated heterocycles. The molecule has 148 valence electrons. The Morgan fingerprint density at radius 1 is 1.21 bits per heavy atom. The van der Waals surface area contributed by atoms with E-state index in [-0.39, 0.29) is 11.3 Å². The second kappa shape index (κ2) is 7.91. The Bertz CT molecular complexity index is 891. The molecular formula is C22H25IN2O3. The topological polar surface area (TPSA) is 64.8 Å². The molecule has 2 heterocycles. The summed E-state index contributed by atoms with van der Waals surface area (Å²) in [7, 11) is 1.66. The van der Waals surface area contributed by atoms with Crippen LogP contribution in [-0.2, 0) is 23.2 Å². The van der Waals surface area contributed by atoms with Gasteiger partial charge in [-0.1, -0.05) is 18.2 Å². The Morgan fingerprint density at radius 3 is 2.64 bits per heavy atom. The van der Waals surface area contributed by atoms with Crippen molar-refractivity contribution in [2.75, 3.05) is 26.8 Å². The molecule has 0 radical (unpaired) electrons. The number of rotatable bonds is 4. The van der Waals surface area contributed by atoms with Gasteiger partial charge in [0.1, 0.15) is 11.5 Å². The van der Waals surface area contributed by atoms with Gasteiger partial charge in [-0.15, -0.1) is 0 Å². The van der Waals surface area contributed by atoms with Crippen LogP contribution in [0.5, 0.6) is 11.5 Å². The first-order valence-corrected chi connectivity index (χ1v) is 10.7. The SMILES string of the molecule is COc1ccc(CC(=O)N2CCC3(CC2)COc2ccc(CN)cc23)cc1I. The maximum absolute atomic E-state index is 12.8. The van der Waals surface area contributed by atoms with Crippen molar-refractivity contribution in [1.29, 1.82) is 0 Å². The predicted molar refractivity (Wildman–Crippen MR) is 117 cm³/mol. The molecule has 1 fully saturated rings. The minimum atomic E-state index is 0.0206. The maximum atomic E-state index is 12.8. The Kier molecular flexibility index (Phi) is 5.51. The number of benzene rings is 2. The molecule has 28 heavy (non-hydrogen) atoms. The van der Waals surface area contributed by atoms with Crippen LogP contribution in [0.15, 0.2) is 36.4 Å². The zero-order valence-electron chi connectivity index (χ0n) is 16.0. The number of amides is 1. The number of fused-ring (bicyclic) bond motifs is 2. The van der Waals surface area contributed by atoms with E-state index < -0.39 is 0 Å². The van der Waals surface area contributed by atoms with Crippen LogP contribution < -0.4 is 15.2 Å². The van der Waals surface area contributed by atoms with E-state index in [4.69, 9.17) is 15.2 Å². The highest BCUT2D eigenvalue weighted by Crippen LogP contribution is 2.45. The summed E-state index contributed by atoms with van der Waals surface area (Å²) in [4.78, 5) is 14.8. The van der Waals surface area contributed by atoms with Crippen LogP contribution in [0.1, 0.15) is 29.5 Å². The van der Waals surface area contributed by atoms with E-state index in [1.165, 1.54) is 5.56 Å². The molecule has 1 spiro atoms. The second-order valence-corrected chi connectivity index (χ2v) is 8.79. The lowest BCUT2D eigenvalue weighted by atomic mass is 9.74. The van der Waals surface area contributed by atoms with Crippen LogP contribution in [0.25, 0.3) is 0 Å². The van der Waals surface area contributed by atoms with Gasteiger partial charge in [0, 0.05) is 30.6 Å². The van der Waals surface area contributed by atoms with E-state index in [1.54, 1.807) is 7.11 Å². The molecule has 0 saturated carbocycles. The van der Waals surface area contributed by atoms with Gasteiger partial charge in [0.2, 0.25) is 5.91 Å². The average molecular weight is 492 g/mol. The molecule has 1 amide bonds. The van der Waals surface area contributed by atoms with Crippen LogP contribution >= 0.6 is 22.6 Å². The third kappa shape index (κ3) is 3.59. The number of nitrogens with zero attached hydrogens (tertiary/aromatic N) is 1. The number of ether oxygens (including phenoxy) is 2. The van der Waals surface area contributed by atoms with Crippen molar-refractivity contribution in [3.8, 4) is 11.5 Å². The Balaban J connectivity index is 1.42. The molecular weight excluding hydrogens is 467 g/mol. The summed E-state index contributed by atoms with van der Waals surface area (Å²) >= 11 is 2.24. The summed E-state index contributed by atoms with van der Waals surface area (Å²) in [6.07, 6.45) is 2.29. The maximum Gasteiger partial charge on any atom is 0.226 e. The van der Waals surface area contributed by atoms with E-state index in [0.717, 1.165) is 52.1 Å². The quantitative estimate of drug-likeness (QED) is 0.666. The van der Waals surface area contributed by atoms with Crippen LogP contribution in [0.2, 0.25) is 0 Å². The highest BCUT2D eigenvalue weighted by atomic mass is 127. The fourth-order valence-corrected chi connectivity index (χ4v) is 5.04. The monoisotopic (exact) mass is 492 g/mol. The van der Waals surface area contributed by atoms with Crippen molar-refractivity contribution in [2.45, 2.75) is 31.2 Å². The molecule has 0 unspecified atom stereocenters. The molecule has 2 aromatic rings. The first-order chi connectivity index (χ1) is 13.5. The molecule has 0 aliphatic carbocycles.